The van der Waals surface area contributed by atoms with E-state index in [0.717, 1.165) is 5.56 Å². The maximum atomic E-state index is 13.1. The van der Waals surface area contributed by atoms with Gasteiger partial charge >= 0.3 is 5.97 Å². The van der Waals surface area contributed by atoms with Crippen LogP contribution in [0, 0.1) is 19.7 Å². The van der Waals surface area contributed by atoms with Gasteiger partial charge in [0.05, 0.1) is 0 Å². The van der Waals surface area contributed by atoms with Gasteiger partial charge in [0.1, 0.15) is 11.6 Å². The molecule has 0 spiro atoms. The Morgan fingerprint density at radius 3 is 2.44 bits per heavy atom. The number of halogens is 1. The lowest BCUT2D eigenvalue weighted by Crippen LogP contribution is -2.26. The summed E-state index contributed by atoms with van der Waals surface area (Å²) in [7, 11) is 0. The summed E-state index contributed by atoms with van der Waals surface area (Å²) in [4.78, 5) is 22.9. The number of hydrogen-bond donors (Lipinski definition) is 2. The van der Waals surface area contributed by atoms with Gasteiger partial charge in [0.25, 0.3) is 5.91 Å². The van der Waals surface area contributed by atoms with E-state index in [9.17, 15) is 14.0 Å². The minimum absolute atomic E-state index is 0.243. The Balaban J connectivity index is 1.98. The van der Waals surface area contributed by atoms with Gasteiger partial charge in [0.2, 0.25) is 0 Å². The van der Waals surface area contributed by atoms with Crippen molar-refractivity contribution in [1.29, 1.82) is 0 Å². The normalized spacial score (nSPS) is 10.4. The fourth-order valence-corrected chi connectivity index (χ4v) is 2.56. The zero-order valence-corrected chi connectivity index (χ0v) is 14.1. The van der Waals surface area contributed by atoms with E-state index in [1.165, 1.54) is 12.1 Å². The summed E-state index contributed by atoms with van der Waals surface area (Å²) in [5.41, 5.74) is 2.66. The van der Waals surface area contributed by atoms with E-state index >= 15 is 0 Å². The Hall–Kier alpha value is -2.89. The predicted octanol–water partition coefficient (Wildman–Crippen LogP) is 2.88. The first-order valence-electron chi connectivity index (χ1n) is 7.85. The molecule has 0 aliphatic carbocycles. The minimum atomic E-state index is -1.06. The number of ether oxygens (including phenoxy) is 1. The Kier molecular flexibility index (Phi) is 6.11. The smallest absolute Gasteiger partial charge is 0.341 e. The maximum absolute atomic E-state index is 13.1. The first-order chi connectivity index (χ1) is 11.9. The second-order valence-electron chi connectivity index (χ2n) is 5.76. The molecule has 2 aromatic rings. The zero-order valence-electron chi connectivity index (χ0n) is 14.1. The second-order valence-corrected chi connectivity index (χ2v) is 5.76. The van der Waals surface area contributed by atoms with Crippen molar-refractivity contribution in [2.45, 2.75) is 20.3 Å². The van der Waals surface area contributed by atoms with Crippen LogP contribution in [0.15, 0.2) is 36.4 Å². The van der Waals surface area contributed by atoms with Gasteiger partial charge in [0.15, 0.2) is 6.61 Å². The van der Waals surface area contributed by atoms with Gasteiger partial charge < -0.3 is 15.2 Å². The molecule has 0 heterocycles. The summed E-state index contributed by atoms with van der Waals surface area (Å²) in [5, 5.41) is 11.5. The fraction of sp³-hybridized carbons (Fsp3) is 0.263. The van der Waals surface area contributed by atoms with Crippen molar-refractivity contribution in [3.05, 3.63) is 64.5 Å². The third kappa shape index (κ3) is 5.31. The quantitative estimate of drug-likeness (QED) is 0.809. The highest BCUT2D eigenvalue weighted by Crippen LogP contribution is 2.24. The highest BCUT2D eigenvalue weighted by molar-refractivity contribution is 5.94. The zero-order chi connectivity index (χ0) is 18.4. The van der Waals surface area contributed by atoms with Crippen LogP contribution in [0.3, 0.4) is 0 Å². The molecule has 0 radical (unpaired) electrons. The molecule has 25 heavy (non-hydrogen) atoms. The number of carboxylic acids is 1. The van der Waals surface area contributed by atoms with Gasteiger partial charge in [-0.3, -0.25) is 4.79 Å². The lowest BCUT2D eigenvalue weighted by atomic mass is 10.0. The molecular weight excluding hydrogens is 325 g/mol. The molecule has 0 bridgehead atoms. The molecule has 1 amide bonds. The lowest BCUT2D eigenvalue weighted by Gasteiger charge is -2.13. The maximum Gasteiger partial charge on any atom is 0.341 e. The molecule has 0 atom stereocenters. The van der Waals surface area contributed by atoms with Crippen LogP contribution in [0.1, 0.15) is 27.0 Å². The van der Waals surface area contributed by atoms with Crippen molar-refractivity contribution >= 4 is 11.9 Å². The van der Waals surface area contributed by atoms with Crippen LogP contribution in [0.5, 0.6) is 5.75 Å². The first-order valence-corrected chi connectivity index (χ1v) is 7.85. The van der Waals surface area contributed by atoms with Crippen molar-refractivity contribution in [3.63, 3.8) is 0 Å². The topological polar surface area (TPSA) is 75.6 Å². The monoisotopic (exact) mass is 345 g/mol. The highest BCUT2D eigenvalue weighted by Gasteiger charge is 2.12. The molecule has 2 aromatic carbocycles. The summed E-state index contributed by atoms with van der Waals surface area (Å²) in [6, 6.07) is 9.56. The van der Waals surface area contributed by atoms with E-state index < -0.39 is 12.6 Å². The van der Waals surface area contributed by atoms with Gasteiger partial charge in [-0.1, -0.05) is 12.1 Å². The van der Waals surface area contributed by atoms with Crippen LogP contribution in [-0.2, 0) is 11.2 Å². The number of aliphatic carboxylic acids is 1. The summed E-state index contributed by atoms with van der Waals surface area (Å²) in [5.74, 6) is -1.13. The number of aryl methyl sites for hydroxylation is 2. The average molecular weight is 345 g/mol. The fourth-order valence-electron chi connectivity index (χ4n) is 2.56. The molecule has 0 fully saturated rings. The van der Waals surface area contributed by atoms with Crippen molar-refractivity contribution in [3.8, 4) is 5.75 Å². The van der Waals surface area contributed by atoms with Crippen LogP contribution in [0.25, 0.3) is 0 Å². The van der Waals surface area contributed by atoms with Crippen LogP contribution in [0.2, 0.25) is 0 Å². The van der Waals surface area contributed by atoms with Gasteiger partial charge in [-0.15, -0.1) is 0 Å². The summed E-state index contributed by atoms with van der Waals surface area (Å²) in [6.07, 6.45) is 0.529. The number of benzene rings is 2. The van der Waals surface area contributed by atoms with Gasteiger partial charge in [-0.25, -0.2) is 9.18 Å². The molecule has 0 aromatic heterocycles. The SMILES string of the molecule is Cc1cc(C(=O)NCCc2cccc(F)c2)cc(C)c1OCC(=O)O. The Morgan fingerprint density at radius 1 is 1.16 bits per heavy atom. The Bertz CT molecular complexity index is 766. The second kappa shape index (κ2) is 8.28. The molecule has 2 rings (SSSR count). The number of carbonyl (C=O) groups excluding carboxylic acids is 1. The van der Waals surface area contributed by atoms with Crippen LogP contribution >= 0.6 is 0 Å². The third-order valence-corrected chi connectivity index (χ3v) is 3.65. The van der Waals surface area contributed by atoms with Crippen molar-refractivity contribution in [2.24, 2.45) is 0 Å². The molecule has 6 heteroatoms. The Labute approximate surface area is 145 Å². The predicted molar refractivity (Wildman–Crippen MR) is 91.5 cm³/mol. The molecule has 0 aliphatic heterocycles. The molecule has 2 N–H and O–H groups in total. The summed E-state index contributed by atoms with van der Waals surface area (Å²) in [6.45, 7) is 3.47. The van der Waals surface area contributed by atoms with Crippen LogP contribution in [-0.4, -0.2) is 30.1 Å². The van der Waals surface area contributed by atoms with E-state index in [4.69, 9.17) is 9.84 Å². The van der Waals surface area contributed by atoms with Crippen LogP contribution in [0.4, 0.5) is 4.39 Å². The third-order valence-electron chi connectivity index (χ3n) is 3.65. The van der Waals surface area contributed by atoms with E-state index in [0.29, 0.717) is 35.4 Å². The molecule has 0 saturated heterocycles. The van der Waals surface area contributed by atoms with E-state index in [1.54, 1.807) is 38.1 Å². The minimum Gasteiger partial charge on any atom is -0.481 e. The lowest BCUT2D eigenvalue weighted by molar-refractivity contribution is -0.139. The molecule has 5 nitrogen and oxygen atoms in total. The Morgan fingerprint density at radius 2 is 1.84 bits per heavy atom. The van der Waals surface area contributed by atoms with Crippen molar-refractivity contribution in [1.82, 2.24) is 5.32 Å². The van der Waals surface area contributed by atoms with E-state index in [1.807, 2.05) is 0 Å². The number of amides is 1. The molecular formula is C19H20FNO4. The standard InChI is InChI=1S/C19H20FNO4/c1-12-8-15(9-13(2)18(12)25-11-17(22)23)19(24)21-7-6-14-4-3-5-16(20)10-14/h3-5,8-10H,6-7,11H2,1-2H3,(H,21,24)(H,22,23). The van der Waals surface area contributed by atoms with Gasteiger partial charge in [-0.05, 0) is 61.2 Å². The van der Waals surface area contributed by atoms with Crippen molar-refractivity contribution < 1.29 is 23.8 Å². The van der Waals surface area contributed by atoms with Crippen LogP contribution < -0.4 is 10.1 Å². The molecule has 0 saturated carbocycles. The first kappa shape index (κ1) is 18.4. The molecule has 0 aliphatic rings. The van der Waals surface area contributed by atoms with Crippen molar-refractivity contribution in [2.75, 3.05) is 13.2 Å². The van der Waals surface area contributed by atoms with Gasteiger partial charge in [-0.2, -0.15) is 0 Å². The molecule has 132 valence electrons. The van der Waals surface area contributed by atoms with Gasteiger partial charge in [0, 0.05) is 12.1 Å². The largest absolute Gasteiger partial charge is 0.481 e. The molecule has 0 unspecified atom stereocenters. The number of rotatable bonds is 7. The number of carboxylic acid groups (broad SMARTS) is 1. The van der Waals surface area contributed by atoms with E-state index in [2.05, 4.69) is 5.32 Å². The summed E-state index contributed by atoms with van der Waals surface area (Å²) < 4.78 is 18.4. The number of nitrogens with one attached hydrogen (secondary N) is 1. The highest BCUT2D eigenvalue weighted by atomic mass is 19.1. The number of carbonyl (C=O) groups is 2. The summed E-state index contributed by atoms with van der Waals surface area (Å²) >= 11 is 0. The van der Waals surface area contributed by atoms with E-state index in [-0.39, 0.29) is 11.7 Å². The average Bonchev–Trinajstić information content (AvgIpc) is 2.53. The number of hydrogen-bond acceptors (Lipinski definition) is 3.